The number of phenols is 1. The Hall–Kier alpha value is -1.57. The normalized spacial score (nSPS) is 10.4. The molecule has 1 aromatic carbocycles. The van der Waals surface area contributed by atoms with Gasteiger partial charge in [0, 0.05) is 17.6 Å². The maximum absolute atomic E-state index is 9.16. The molecule has 2 aromatic rings. The van der Waals surface area contributed by atoms with Crippen LogP contribution < -0.4 is 0 Å². The third kappa shape index (κ3) is 1.11. The summed E-state index contributed by atoms with van der Waals surface area (Å²) in [6.45, 7) is 2.00. The highest BCUT2D eigenvalue weighted by Crippen LogP contribution is 2.18. The Bertz CT molecular complexity index is 382. The lowest BCUT2D eigenvalue weighted by Gasteiger charge is -1.98. The number of benzene rings is 1. The molecule has 0 aliphatic heterocycles. The number of nitrogens with zero attached hydrogens (tertiary/aromatic N) is 1. The average molecular weight is 159 g/mol. The van der Waals surface area contributed by atoms with Gasteiger partial charge in [-0.3, -0.25) is 4.98 Å². The van der Waals surface area contributed by atoms with Gasteiger partial charge in [0.25, 0.3) is 0 Å². The van der Waals surface area contributed by atoms with E-state index in [1.54, 1.807) is 18.3 Å². The molecule has 0 radical (unpaired) electrons. The Morgan fingerprint density at radius 1 is 1.25 bits per heavy atom. The van der Waals surface area contributed by atoms with Crippen LogP contribution in [0.15, 0.2) is 30.5 Å². The van der Waals surface area contributed by atoms with Gasteiger partial charge in [-0.25, -0.2) is 0 Å². The molecule has 0 aliphatic rings. The van der Waals surface area contributed by atoms with Crippen LogP contribution in [-0.2, 0) is 0 Å². The van der Waals surface area contributed by atoms with E-state index in [4.69, 9.17) is 5.11 Å². The lowest BCUT2D eigenvalue weighted by Crippen LogP contribution is -1.79. The molecule has 0 atom stereocenters. The molecule has 0 spiro atoms. The van der Waals surface area contributed by atoms with Gasteiger partial charge in [-0.05, 0) is 30.7 Å². The standard InChI is InChI=1S/C10H9NO/c1-7-4-8-2-3-9(12)5-10(8)11-6-7/h2-6,12H,1H3. The number of phenolic OH excluding ortho intramolecular Hbond substituents is 1. The minimum atomic E-state index is 0.263. The fraction of sp³-hybridized carbons (Fsp3) is 0.100. The molecule has 0 unspecified atom stereocenters. The Labute approximate surface area is 70.5 Å². The molecule has 0 aliphatic carbocycles. The molecule has 12 heavy (non-hydrogen) atoms. The van der Waals surface area contributed by atoms with Crippen LogP contribution >= 0.6 is 0 Å². The van der Waals surface area contributed by atoms with Crippen LogP contribution in [0.2, 0.25) is 0 Å². The zero-order valence-electron chi connectivity index (χ0n) is 6.78. The van der Waals surface area contributed by atoms with Gasteiger partial charge in [0.05, 0.1) is 5.52 Å². The van der Waals surface area contributed by atoms with E-state index in [-0.39, 0.29) is 5.75 Å². The van der Waals surface area contributed by atoms with E-state index >= 15 is 0 Å². The molecule has 60 valence electrons. The smallest absolute Gasteiger partial charge is 0.117 e. The first-order valence-corrected chi connectivity index (χ1v) is 3.81. The minimum Gasteiger partial charge on any atom is -0.508 e. The van der Waals surface area contributed by atoms with Gasteiger partial charge in [-0.2, -0.15) is 0 Å². The summed E-state index contributed by atoms with van der Waals surface area (Å²) in [5, 5.41) is 10.2. The molecule has 0 amide bonds. The van der Waals surface area contributed by atoms with Crippen molar-refractivity contribution in [2.75, 3.05) is 0 Å². The van der Waals surface area contributed by atoms with Gasteiger partial charge in [-0.15, -0.1) is 0 Å². The minimum absolute atomic E-state index is 0.263. The molecular formula is C10H9NO. The van der Waals surface area contributed by atoms with Gasteiger partial charge in [0.1, 0.15) is 5.75 Å². The van der Waals surface area contributed by atoms with Gasteiger partial charge in [-0.1, -0.05) is 0 Å². The lowest BCUT2D eigenvalue weighted by atomic mass is 10.2. The van der Waals surface area contributed by atoms with E-state index in [2.05, 4.69) is 4.98 Å². The summed E-state index contributed by atoms with van der Waals surface area (Å²) in [6, 6.07) is 7.24. The first-order valence-electron chi connectivity index (χ1n) is 3.81. The molecule has 2 rings (SSSR count). The number of hydrogen-bond acceptors (Lipinski definition) is 2. The fourth-order valence-electron chi connectivity index (χ4n) is 1.22. The van der Waals surface area contributed by atoms with Crippen molar-refractivity contribution in [2.45, 2.75) is 6.92 Å². The van der Waals surface area contributed by atoms with E-state index in [1.165, 1.54) is 0 Å². The summed E-state index contributed by atoms with van der Waals surface area (Å²) >= 11 is 0. The first-order chi connectivity index (χ1) is 5.75. The monoisotopic (exact) mass is 159 g/mol. The van der Waals surface area contributed by atoms with Crippen LogP contribution in [0.3, 0.4) is 0 Å². The van der Waals surface area contributed by atoms with Gasteiger partial charge in [0.15, 0.2) is 0 Å². The zero-order valence-corrected chi connectivity index (χ0v) is 6.78. The SMILES string of the molecule is Cc1cnc2cc(O)ccc2c1. The average Bonchev–Trinajstić information content (AvgIpc) is 2.05. The summed E-state index contributed by atoms with van der Waals surface area (Å²) < 4.78 is 0. The van der Waals surface area contributed by atoms with Gasteiger partial charge < -0.3 is 5.11 Å². The molecule has 2 heteroatoms. The zero-order chi connectivity index (χ0) is 8.55. The van der Waals surface area contributed by atoms with Crippen molar-refractivity contribution < 1.29 is 5.11 Å². The predicted octanol–water partition coefficient (Wildman–Crippen LogP) is 2.25. The summed E-state index contributed by atoms with van der Waals surface area (Å²) in [4.78, 5) is 4.18. The summed E-state index contributed by atoms with van der Waals surface area (Å²) in [7, 11) is 0. The lowest BCUT2D eigenvalue weighted by molar-refractivity contribution is 0.476. The molecule has 1 N–H and O–H groups in total. The largest absolute Gasteiger partial charge is 0.508 e. The van der Waals surface area contributed by atoms with Crippen LogP contribution in [0.1, 0.15) is 5.56 Å². The van der Waals surface area contributed by atoms with Crippen molar-refractivity contribution in [3.05, 3.63) is 36.0 Å². The van der Waals surface area contributed by atoms with Crippen molar-refractivity contribution in [1.82, 2.24) is 4.98 Å². The highest BCUT2D eigenvalue weighted by Gasteiger charge is 1.95. The Balaban J connectivity index is 2.79. The highest BCUT2D eigenvalue weighted by molar-refractivity contribution is 5.80. The van der Waals surface area contributed by atoms with Crippen LogP contribution in [0, 0.1) is 6.92 Å². The van der Waals surface area contributed by atoms with E-state index in [0.29, 0.717) is 0 Å². The van der Waals surface area contributed by atoms with Crippen LogP contribution in [0.25, 0.3) is 10.9 Å². The van der Waals surface area contributed by atoms with Crippen LogP contribution in [0.5, 0.6) is 5.75 Å². The number of aromatic nitrogens is 1. The van der Waals surface area contributed by atoms with Crippen molar-refractivity contribution in [3.63, 3.8) is 0 Å². The highest BCUT2D eigenvalue weighted by atomic mass is 16.3. The molecule has 0 saturated carbocycles. The second-order valence-corrected chi connectivity index (χ2v) is 2.89. The number of aryl methyl sites for hydroxylation is 1. The van der Waals surface area contributed by atoms with Crippen molar-refractivity contribution in [1.29, 1.82) is 0 Å². The first kappa shape index (κ1) is 7.10. The molecule has 0 bridgehead atoms. The fourth-order valence-corrected chi connectivity index (χ4v) is 1.22. The second kappa shape index (κ2) is 2.48. The summed E-state index contributed by atoms with van der Waals surface area (Å²) in [5.74, 6) is 0.263. The Morgan fingerprint density at radius 3 is 2.92 bits per heavy atom. The van der Waals surface area contributed by atoms with E-state index in [0.717, 1.165) is 16.5 Å². The van der Waals surface area contributed by atoms with E-state index < -0.39 is 0 Å². The number of hydrogen-bond donors (Lipinski definition) is 1. The van der Waals surface area contributed by atoms with Crippen LogP contribution in [-0.4, -0.2) is 10.1 Å². The maximum Gasteiger partial charge on any atom is 0.117 e. The maximum atomic E-state index is 9.16. The molecule has 1 aromatic heterocycles. The van der Waals surface area contributed by atoms with Crippen LogP contribution in [0.4, 0.5) is 0 Å². The Morgan fingerprint density at radius 2 is 2.08 bits per heavy atom. The third-order valence-electron chi connectivity index (χ3n) is 1.80. The van der Waals surface area contributed by atoms with Crippen molar-refractivity contribution >= 4 is 10.9 Å². The third-order valence-corrected chi connectivity index (χ3v) is 1.80. The van der Waals surface area contributed by atoms with E-state index in [1.807, 2.05) is 19.1 Å². The molecule has 0 saturated heterocycles. The molecule has 0 fully saturated rings. The molecule has 1 heterocycles. The topological polar surface area (TPSA) is 33.1 Å². The van der Waals surface area contributed by atoms with E-state index in [9.17, 15) is 0 Å². The summed E-state index contributed by atoms with van der Waals surface area (Å²) in [5.41, 5.74) is 1.97. The number of fused-ring (bicyclic) bond motifs is 1. The number of pyridine rings is 1. The van der Waals surface area contributed by atoms with Crippen molar-refractivity contribution in [2.24, 2.45) is 0 Å². The molecular weight excluding hydrogens is 150 g/mol. The second-order valence-electron chi connectivity index (χ2n) is 2.89. The molecule has 2 nitrogen and oxygen atoms in total. The predicted molar refractivity (Wildman–Crippen MR) is 48.1 cm³/mol. The number of rotatable bonds is 0. The van der Waals surface area contributed by atoms with Gasteiger partial charge >= 0.3 is 0 Å². The van der Waals surface area contributed by atoms with Gasteiger partial charge in [0.2, 0.25) is 0 Å². The quantitative estimate of drug-likeness (QED) is 0.639. The number of aromatic hydroxyl groups is 1. The summed E-state index contributed by atoms with van der Waals surface area (Å²) in [6.07, 6.45) is 1.79. The Kier molecular flexibility index (Phi) is 1.47. The van der Waals surface area contributed by atoms with Crippen molar-refractivity contribution in [3.8, 4) is 5.75 Å².